The Bertz CT molecular complexity index is 652. The van der Waals surface area contributed by atoms with Gasteiger partial charge in [-0.2, -0.15) is 0 Å². The first kappa shape index (κ1) is 19.8. The number of ether oxygens (including phenoxy) is 1. The zero-order chi connectivity index (χ0) is 17.3. The molecule has 25 heavy (non-hydrogen) atoms. The maximum Gasteiger partial charge on any atom is 0.227 e. The molecule has 2 unspecified atom stereocenters. The Morgan fingerprint density at radius 3 is 2.84 bits per heavy atom. The van der Waals surface area contributed by atoms with E-state index in [0.717, 1.165) is 12.8 Å². The average molecular weight is 388 g/mol. The van der Waals surface area contributed by atoms with Crippen LogP contribution in [-0.4, -0.2) is 38.1 Å². The van der Waals surface area contributed by atoms with Crippen molar-refractivity contribution in [2.24, 2.45) is 17.6 Å². The summed E-state index contributed by atoms with van der Waals surface area (Å²) < 4.78 is 5.30. The van der Waals surface area contributed by atoms with E-state index in [0.29, 0.717) is 35.5 Å². The molecule has 2 atom stereocenters. The predicted molar refractivity (Wildman–Crippen MR) is 99.4 cm³/mol. The van der Waals surface area contributed by atoms with Gasteiger partial charge < -0.3 is 20.7 Å². The predicted octanol–water partition coefficient (Wildman–Crippen LogP) is 1.98. The summed E-state index contributed by atoms with van der Waals surface area (Å²) in [5, 5.41) is 3.39. The molecule has 1 saturated carbocycles. The lowest BCUT2D eigenvalue weighted by molar-refractivity contribution is -0.126. The summed E-state index contributed by atoms with van der Waals surface area (Å²) in [6.45, 7) is 0.786. The van der Waals surface area contributed by atoms with Gasteiger partial charge in [0.1, 0.15) is 5.75 Å². The fraction of sp³-hybridized carbons (Fsp3) is 0.529. The van der Waals surface area contributed by atoms with Crippen LogP contribution < -0.4 is 20.7 Å². The van der Waals surface area contributed by atoms with E-state index in [9.17, 15) is 9.59 Å². The monoisotopic (exact) mass is 387 g/mol. The summed E-state index contributed by atoms with van der Waals surface area (Å²) in [4.78, 5) is 26.2. The van der Waals surface area contributed by atoms with Gasteiger partial charge in [-0.25, -0.2) is 0 Å². The second-order valence-corrected chi connectivity index (χ2v) is 6.90. The molecule has 0 spiro atoms. The van der Waals surface area contributed by atoms with Gasteiger partial charge in [-0.15, -0.1) is 12.4 Å². The minimum Gasteiger partial charge on any atom is -0.495 e. The summed E-state index contributed by atoms with van der Waals surface area (Å²) >= 11 is 6.03. The molecule has 8 heteroatoms. The van der Waals surface area contributed by atoms with E-state index in [-0.39, 0.29) is 42.6 Å². The maximum absolute atomic E-state index is 12.3. The van der Waals surface area contributed by atoms with Crippen molar-refractivity contribution in [1.29, 1.82) is 0 Å². The molecule has 2 amide bonds. The molecule has 0 aromatic heterocycles. The van der Waals surface area contributed by atoms with Crippen LogP contribution in [-0.2, 0) is 9.59 Å². The Morgan fingerprint density at radius 2 is 2.20 bits per heavy atom. The summed E-state index contributed by atoms with van der Waals surface area (Å²) in [7, 11) is 1.54. The van der Waals surface area contributed by atoms with E-state index in [2.05, 4.69) is 5.32 Å². The number of carbonyl (C=O) groups is 2. The van der Waals surface area contributed by atoms with Crippen LogP contribution in [0.2, 0.25) is 5.02 Å². The number of methoxy groups -OCH3 is 1. The van der Waals surface area contributed by atoms with Crippen molar-refractivity contribution in [3.63, 3.8) is 0 Å². The van der Waals surface area contributed by atoms with Crippen molar-refractivity contribution in [2.45, 2.75) is 25.3 Å². The number of hydrogen-bond donors (Lipinski definition) is 2. The molecule has 1 aromatic carbocycles. The molecule has 0 radical (unpaired) electrons. The zero-order valence-electron chi connectivity index (χ0n) is 14.0. The van der Waals surface area contributed by atoms with Crippen LogP contribution in [0.5, 0.6) is 5.75 Å². The van der Waals surface area contributed by atoms with E-state index in [1.54, 1.807) is 23.1 Å². The summed E-state index contributed by atoms with van der Waals surface area (Å²) in [6.07, 6.45) is 2.46. The Kier molecular flexibility index (Phi) is 6.54. The van der Waals surface area contributed by atoms with Crippen LogP contribution in [0.3, 0.4) is 0 Å². The van der Waals surface area contributed by atoms with Gasteiger partial charge >= 0.3 is 0 Å². The van der Waals surface area contributed by atoms with Crippen molar-refractivity contribution < 1.29 is 14.3 Å². The topological polar surface area (TPSA) is 84.7 Å². The molecule has 138 valence electrons. The van der Waals surface area contributed by atoms with E-state index < -0.39 is 0 Å². The van der Waals surface area contributed by atoms with Crippen molar-refractivity contribution in [1.82, 2.24) is 5.32 Å². The molecule has 2 fully saturated rings. The number of nitrogens with zero attached hydrogens (tertiary/aromatic N) is 1. The number of halogens is 2. The summed E-state index contributed by atoms with van der Waals surface area (Å²) in [5.74, 6) is 0.477. The Labute approximate surface area is 158 Å². The Hall–Kier alpha value is -1.50. The number of hydrogen-bond acceptors (Lipinski definition) is 4. The van der Waals surface area contributed by atoms with Crippen LogP contribution in [0, 0.1) is 11.8 Å². The average Bonchev–Trinajstić information content (AvgIpc) is 3.34. The summed E-state index contributed by atoms with van der Waals surface area (Å²) in [5.41, 5.74) is 6.60. The minimum absolute atomic E-state index is 0. The van der Waals surface area contributed by atoms with Crippen LogP contribution in [0.1, 0.15) is 19.3 Å². The van der Waals surface area contributed by atoms with Gasteiger partial charge in [0.05, 0.1) is 18.7 Å². The molecule has 1 aliphatic heterocycles. The molecule has 1 heterocycles. The third-order valence-electron chi connectivity index (χ3n) is 4.67. The largest absolute Gasteiger partial charge is 0.495 e. The summed E-state index contributed by atoms with van der Waals surface area (Å²) in [6, 6.07) is 5.11. The van der Waals surface area contributed by atoms with Gasteiger partial charge in [0.15, 0.2) is 0 Å². The maximum atomic E-state index is 12.3. The molecule has 3 rings (SSSR count). The fourth-order valence-corrected chi connectivity index (χ4v) is 3.21. The smallest absolute Gasteiger partial charge is 0.227 e. The molecule has 1 aliphatic carbocycles. The van der Waals surface area contributed by atoms with Crippen molar-refractivity contribution in [2.75, 3.05) is 25.1 Å². The van der Waals surface area contributed by atoms with Crippen molar-refractivity contribution >= 4 is 41.5 Å². The Balaban J connectivity index is 0.00000225. The number of nitrogens with two attached hydrogens (primary N) is 1. The Morgan fingerprint density at radius 1 is 1.48 bits per heavy atom. The minimum atomic E-state index is -0.382. The van der Waals surface area contributed by atoms with Gasteiger partial charge in [0.2, 0.25) is 11.8 Å². The lowest BCUT2D eigenvalue weighted by Crippen LogP contribution is -2.41. The number of benzene rings is 1. The number of anilines is 1. The second-order valence-electron chi connectivity index (χ2n) is 6.47. The van der Waals surface area contributed by atoms with E-state index in [4.69, 9.17) is 22.1 Å². The third-order valence-corrected chi connectivity index (χ3v) is 4.90. The van der Waals surface area contributed by atoms with Crippen LogP contribution in [0.15, 0.2) is 18.2 Å². The van der Waals surface area contributed by atoms with Gasteiger partial charge in [-0.05, 0) is 37.0 Å². The quantitative estimate of drug-likeness (QED) is 0.781. The van der Waals surface area contributed by atoms with E-state index >= 15 is 0 Å². The normalized spacial score (nSPS) is 20.8. The highest BCUT2D eigenvalue weighted by Crippen LogP contribution is 2.35. The molecular weight excluding hydrogens is 365 g/mol. The molecule has 1 aromatic rings. The van der Waals surface area contributed by atoms with Gasteiger partial charge in [0, 0.05) is 30.6 Å². The molecular formula is C17H23Cl2N3O3. The third kappa shape index (κ3) is 4.57. The lowest BCUT2D eigenvalue weighted by Gasteiger charge is -2.20. The first-order valence-electron chi connectivity index (χ1n) is 8.16. The molecule has 0 bridgehead atoms. The van der Waals surface area contributed by atoms with E-state index in [1.165, 1.54) is 7.11 Å². The number of amides is 2. The molecule has 2 aliphatic rings. The van der Waals surface area contributed by atoms with Gasteiger partial charge in [-0.1, -0.05) is 11.6 Å². The molecule has 6 nitrogen and oxygen atoms in total. The highest BCUT2D eigenvalue weighted by molar-refractivity contribution is 6.31. The standard InChI is InChI=1S/C17H22ClN3O3.ClH/c1-24-15-5-4-12(18)7-14(15)21-9-11(6-16(21)22)17(23)20-8-13(19)10-2-3-10;/h4-5,7,10-11,13H,2-3,6,8-9,19H2,1H3,(H,20,23);1H. The van der Waals surface area contributed by atoms with Crippen LogP contribution in [0.4, 0.5) is 5.69 Å². The van der Waals surface area contributed by atoms with E-state index in [1.807, 2.05) is 0 Å². The van der Waals surface area contributed by atoms with Gasteiger partial charge in [0.25, 0.3) is 0 Å². The number of carbonyl (C=O) groups excluding carboxylic acids is 2. The van der Waals surface area contributed by atoms with Crippen molar-refractivity contribution in [3.05, 3.63) is 23.2 Å². The fourth-order valence-electron chi connectivity index (χ4n) is 3.04. The molecule has 3 N–H and O–H groups in total. The van der Waals surface area contributed by atoms with Crippen LogP contribution >= 0.6 is 24.0 Å². The highest BCUT2D eigenvalue weighted by Gasteiger charge is 2.37. The van der Waals surface area contributed by atoms with Crippen molar-refractivity contribution in [3.8, 4) is 5.75 Å². The van der Waals surface area contributed by atoms with Crippen LogP contribution in [0.25, 0.3) is 0 Å². The lowest BCUT2D eigenvalue weighted by atomic mass is 10.1. The zero-order valence-corrected chi connectivity index (χ0v) is 15.6. The molecule has 1 saturated heterocycles. The highest BCUT2D eigenvalue weighted by atomic mass is 35.5. The first-order valence-corrected chi connectivity index (χ1v) is 8.54. The second kappa shape index (κ2) is 8.25. The van der Waals surface area contributed by atoms with Gasteiger partial charge in [-0.3, -0.25) is 9.59 Å². The first-order chi connectivity index (χ1) is 11.5. The SMILES string of the molecule is COc1ccc(Cl)cc1N1CC(C(=O)NCC(N)C2CC2)CC1=O.Cl. The number of rotatable bonds is 6. The number of nitrogens with one attached hydrogen (secondary N) is 1.